The highest BCUT2D eigenvalue weighted by Crippen LogP contribution is 2.55. The lowest BCUT2D eigenvalue weighted by Crippen LogP contribution is -2.36. The maximum atomic E-state index is 12.9. The van der Waals surface area contributed by atoms with Crippen LogP contribution in [0.5, 0.6) is 5.75 Å². The van der Waals surface area contributed by atoms with Gasteiger partial charge in [-0.3, -0.25) is 4.79 Å². The first-order valence-corrected chi connectivity index (χ1v) is 11.8. The van der Waals surface area contributed by atoms with Crippen LogP contribution in [-0.4, -0.2) is 57.9 Å². The van der Waals surface area contributed by atoms with Crippen molar-refractivity contribution >= 4 is 23.3 Å². The molecule has 0 bridgehead atoms. The van der Waals surface area contributed by atoms with Gasteiger partial charge in [0.15, 0.2) is 0 Å². The van der Waals surface area contributed by atoms with Gasteiger partial charge in [-0.1, -0.05) is 13.0 Å². The van der Waals surface area contributed by atoms with Crippen LogP contribution in [0.2, 0.25) is 0 Å². The highest BCUT2D eigenvalue weighted by Gasteiger charge is 2.48. The number of alkyl halides is 3. The lowest BCUT2D eigenvalue weighted by Gasteiger charge is -2.43. The minimum Gasteiger partial charge on any atom is -0.496 e. The van der Waals surface area contributed by atoms with Gasteiger partial charge in [0.1, 0.15) is 17.2 Å². The van der Waals surface area contributed by atoms with Crippen molar-refractivity contribution in [1.29, 1.82) is 0 Å². The number of rotatable bonds is 5. The molecule has 4 heterocycles. The van der Waals surface area contributed by atoms with Gasteiger partial charge in [0.05, 0.1) is 25.0 Å². The molecule has 0 atom stereocenters. The number of aliphatic carboxylic acids is 1. The normalized spacial score (nSPS) is 20.7. The quantitative estimate of drug-likeness (QED) is 0.510. The van der Waals surface area contributed by atoms with Crippen LogP contribution in [0.1, 0.15) is 53.8 Å². The number of fused-ring (bicyclic) bond motifs is 1. The number of halogens is 3. The number of carboxylic acids is 1. The summed E-state index contributed by atoms with van der Waals surface area (Å²) in [5.41, 5.74) is 3.60. The zero-order chi connectivity index (χ0) is 26.8. The Balaban J connectivity index is 0.000000405. The van der Waals surface area contributed by atoms with Gasteiger partial charge < -0.3 is 24.3 Å². The Morgan fingerprint density at radius 1 is 1.27 bits per heavy atom. The number of aryl methyl sites for hydroxylation is 1. The fourth-order valence-electron chi connectivity index (χ4n) is 4.67. The van der Waals surface area contributed by atoms with Crippen molar-refractivity contribution in [3.05, 3.63) is 53.6 Å². The van der Waals surface area contributed by atoms with Crippen molar-refractivity contribution in [3.63, 3.8) is 0 Å². The van der Waals surface area contributed by atoms with Gasteiger partial charge in [-0.25, -0.2) is 14.8 Å². The Labute approximate surface area is 210 Å². The van der Waals surface area contributed by atoms with E-state index in [2.05, 4.69) is 10.3 Å². The van der Waals surface area contributed by atoms with E-state index in [0.29, 0.717) is 28.5 Å². The van der Waals surface area contributed by atoms with Crippen molar-refractivity contribution in [2.45, 2.75) is 44.7 Å². The van der Waals surface area contributed by atoms with E-state index < -0.39 is 12.1 Å². The number of imidazole rings is 1. The van der Waals surface area contributed by atoms with Crippen LogP contribution in [0.25, 0.3) is 5.65 Å². The van der Waals surface area contributed by atoms with E-state index in [-0.39, 0.29) is 5.91 Å². The molecule has 3 aromatic heterocycles. The van der Waals surface area contributed by atoms with Crippen LogP contribution in [0.15, 0.2) is 36.7 Å². The Morgan fingerprint density at radius 3 is 2.59 bits per heavy atom. The molecule has 2 aliphatic rings. The molecule has 1 amide bonds. The summed E-state index contributed by atoms with van der Waals surface area (Å²) >= 11 is 0. The van der Waals surface area contributed by atoms with Crippen molar-refractivity contribution in [2.24, 2.45) is 5.41 Å². The number of hydrogen-bond donors (Lipinski definition) is 2. The number of pyridine rings is 2. The van der Waals surface area contributed by atoms with E-state index in [4.69, 9.17) is 24.4 Å². The highest BCUT2D eigenvalue weighted by atomic mass is 19.4. The third kappa shape index (κ3) is 5.85. The van der Waals surface area contributed by atoms with Crippen molar-refractivity contribution in [2.75, 3.05) is 25.6 Å². The average molecular weight is 521 g/mol. The number of nitrogens with zero attached hydrogens (tertiary/aromatic N) is 3. The summed E-state index contributed by atoms with van der Waals surface area (Å²) < 4.78 is 44.7. The number of hydrogen-bond acceptors (Lipinski definition) is 6. The number of anilines is 1. The lowest BCUT2D eigenvalue weighted by atomic mass is 9.61. The van der Waals surface area contributed by atoms with Crippen LogP contribution in [0.3, 0.4) is 0 Å². The molecule has 2 N–H and O–H groups in total. The number of nitrogens with one attached hydrogen (secondary N) is 1. The van der Waals surface area contributed by atoms with E-state index in [0.717, 1.165) is 55.9 Å². The summed E-state index contributed by atoms with van der Waals surface area (Å²) in [5.74, 6) is -1.52. The predicted molar refractivity (Wildman–Crippen MR) is 127 cm³/mol. The second-order valence-corrected chi connectivity index (χ2v) is 9.22. The van der Waals surface area contributed by atoms with Crippen LogP contribution < -0.4 is 10.1 Å². The minimum absolute atomic E-state index is 0.254. The van der Waals surface area contributed by atoms with Crippen LogP contribution >= 0.6 is 0 Å². The first kappa shape index (κ1) is 26.4. The van der Waals surface area contributed by atoms with Gasteiger partial charge in [0.25, 0.3) is 5.91 Å². The van der Waals surface area contributed by atoms with Crippen molar-refractivity contribution < 1.29 is 37.3 Å². The molecule has 198 valence electrons. The fourth-order valence-corrected chi connectivity index (χ4v) is 4.67. The lowest BCUT2D eigenvalue weighted by molar-refractivity contribution is -0.192. The molecule has 0 radical (unpaired) electrons. The fraction of sp³-hybridized carbons (Fsp3) is 0.440. The number of carbonyl (C=O) groups excluding carboxylic acids is 1. The van der Waals surface area contributed by atoms with Crippen LogP contribution in [0, 0.1) is 5.41 Å². The Bertz CT molecular complexity index is 1290. The number of carboxylic acid groups (broad SMARTS) is 1. The number of ether oxygens (including phenoxy) is 2. The zero-order valence-electron chi connectivity index (χ0n) is 20.3. The summed E-state index contributed by atoms with van der Waals surface area (Å²) in [7, 11) is 1.57. The standard InChI is InChI=1S/C23H26N4O3.C2HF3O2/c1-3-16-5-4-6-20(24-16)26-22(28)17-12-27-13-18(25-21(27)9-19(17)29-2)15-10-23(11-15)7-8-30-14-23;3-2(4,5)1(6)7/h4-6,9,12-13,15H,3,7-8,10-11,14H2,1-2H3,(H,24,26,28);(H,6,7). The topological polar surface area (TPSA) is 115 Å². The molecule has 1 spiro atoms. The minimum atomic E-state index is -5.08. The summed E-state index contributed by atoms with van der Waals surface area (Å²) in [6, 6.07) is 7.44. The molecule has 0 aromatic carbocycles. The maximum Gasteiger partial charge on any atom is 0.490 e. The largest absolute Gasteiger partial charge is 0.496 e. The Kier molecular flexibility index (Phi) is 7.39. The number of aromatic nitrogens is 3. The number of amides is 1. The van der Waals surface area contributed by atoms with E-state index in [1.165, 1.54) is 0 Å². The van der Waals surface area contributed by atoms with E-state index in [1.54, 1.807) is 19.4 Å². The Morgan fingerprint density at radius 2 is 2.00 bits per heavy atom. The molecular formula is C25H27F3N4O5. The van der Waals surface area contributed by atoms with Gasteiger partial charge in [0.2, 0.25) is 0 Å². The van der Waals surface area contributed by atoms with E-state index in [1.807, 2.05) is 35.7 Å². The first-order valence-electron chi connectivity index (χ1n) is 11.8. The van der Waals surface area contributed by atoms with Crippen molar-refractivity contribution in [1.82, 2.24) is 14.4 Å². The maximum absolute atomic E-state index is 12.9. The second-order valence-electron chi connectivity index (χ2n) is 9.22. The van der Waals surface area contributed by atoms with Gasteiger partial charge >= 0.3 is 12.1 Å². The SMILES string of the molecule is CCc1cccc(NC(=O)c2cn3cc(C4CC5(CCOC5)C4)nc3cc2OC)n1.O=C(O)C(F)(F)F. The van der Waals surface area contributed by atoms with Crippen LogP contribution in [-0.2, 0) is 16.0 Å². The monoisotopic (exact) mass is 520 g/mol. The van der Waals surface area contributed by atoms with E-state index >= 15 is 0 Å². The molecule has 9 nitrogen and oxygen atoms in total. The van der Waals surface area contributed by atoms with Gasteiger partial charge in [0, 0.05) is 36.7 Å². The predicted octanol–water partition coefficient (Wildman–Crippen LogP) is 4.47. The second kappa shape index (κ2) is 10.4. The highest BCUT2D eigenvalue weighted by molar-refractivity contribution is 6.05. The third-order valence-corrected chi connectivity index (χ3v) is 6.65. The number of carbonyl (C=O) groups is 2. The summed E-state index contributed by atoms with van der Waals surface area (Å²) in [5, 5.41) is 10.0. The number of methoxy groups -OCH3 is 1. The zero-order valence-corrected chi connectivity index (χ0v) is 20.3. The van der Waals surface area contributed by atoms with Gasteiger partial charge in [-0.05, 0) is 43.2 Å². The molecule has 1 saturated heterocycles. The summed E-state index contributed by atoms with van der Waals surface area (Å²) in [6.45, 7) is 3.79. The first-order chi connectivity index (χ1) is 17.5. The van der Waals surface area contributed by atoms with Gasteiger partial charge in [-0.15, -0.1) is 0 Å². The molecule has 0 unspecified atom stereocenters. The molecule has 1 saturated carbocycles. The molecule has 1 aliphatic carbocycles. The van der Waals surface area contributed by atoms with Crippen molar-refractivity contribution in [3.8, 4) is 5.75 Å². The molecule has 1 aliphatic heterocycles. The van der Waals surface area contributed by atoms with Gasteiger partial charge in [-0.2, -0.15) is 13.2 Å². The molecule has 12 heteroatoms. The molecule has 3 aromatic rings. The Hall–Kier alpha value is -3.67. The van der Waals surface area contributed by atoms with E-state index in [9.17, 15) is 18.0 Å². The summed E-state index contributed by atoms with van der Waals surface area (Å²) in [6.07, 6.45) is 2.96. The average Bonchev–Trinajstić information content (AvgIpc) is 3.49. The third-order valence-electron chi connectivity index (χ3n) is 6.65. The summed E-state index contributed by atoms with van der Waals surface area (Å²) in [4.78, 5) is 31.1. The molecule has 5 rings (SSSR count). The molecule has 37 heavy (non-hydrogen) atoms. The smallest absolute Gasteiger partial charge is 0.490 e. The molecular weight excluding hydrogens is 493 g/mol. The van der Waals surface area contributed by atoms with Crippen LogP contribution in [0.4, 0.5) is 19.0 Å². The molecule has 2 fully saturated rings.